The summed E-state index contributed by atoms with van der Waals surface area (Å²) in [6.45, 7) is 7.88. The molecule has 1 amide bonds. The van der Waals surface area contributed by atoms with Crippen molar-refractivity contribution in [2.24, 2.45) is 0 Å². The second-order valence-corrected chi connectivity index (χ2v) is 6.74. The number of hydrogen-bond acceptors (Lipinski definition) is 4. The van der Waals surface area contributed by atoms with Crippen molar-refractivity contribution in [1.82, 2.24) is 24.6 Å². The summed E-state index contributed by atoms with van der Waals surface area (Å²) >= 11 is 0. The number of nitrogens with zero attached hydrogens (tertiary/aromatic N) is 4. The van der Waals surface area contributed by atoms with E-state index >= 15 is 0 Å². The van der Waals surface area contributed by atoms with Crippen molar-refractivity contribution in [3.05, 3.63) is 45.4 Å². The number of aromatic nitrogens is 4. The van der Waals surface area contributed by atoms with Gasteiger partial charge in [-0.2, -0.15) is 5.10 Å². The first-order valence-electron chi connectivity index (χ1n) is 8.89. The zero-order valence-corrected chi connectivity index (χ0v) is 15.1. The van der Waals surface area contributed by atoms with Gasteiger partial charge in [-0.3, -0.25) is 14.3 Å². The SMILES string of the molecule is CCCn1cc(C(=O)N2CCCC(c3cc(=O)[nH]c(C)n3)C2)c(C)n1. The van der Waals surface area contributed by atoms with Crippen LogP contribution in [-0.2, 0) is 6.54 Å². The fourth-order valence-corrected chi connectivity index (χ4v) is 3.46. The Labute approximate surface area is 147 Å². The normalized spacial score (nSPS) is 17.7. The lowest BCUT2D eigenvalue weighted by atomic mass is 9.94. The van der Waals surface area contributed by atoms with Crippen LogP contribution in [-0.4, -0.2) is 43.6 Å². The lowest BCUT2D eigenvalue weighted by Crippen LogP contribution is -2.39. The summed E-state index contributed by atoms with van der Waals surface area (Å²) in [6, 6.07) is 1.55. The molecule has 0 aliphatic carbocycles. The van der Waals surface area contributed by atoms with Crippen LogP contribution >= 0.6 is 0 Å². The number of piperidine rings is 1. The monoisotopic (exact) mass is 343 g/mol. The topological polar surface area (TPSA) is 83.9 Å². The van der Waals surface area contributed by atoms with Gasteiger partial charge >= 0.3 is 0 Å². The van der Waals surface area contributed by atoms with Crippen LogP contribution in [0.4, 0.5) is 0 Å². The van der Waals surface area contributed by atoms with Gasteiger partial charge in [-0.05, 0) is 33.1 Å². The fourth-order valence-electron chi connectivity index (χ4n) is 3.46. The van der Waals surface area contributed by atoms with E-state index in [0.717, 1.165) is 43.7 Å². The van der Waals surface area contributed by atoms with Crippen LogP contribution < -0.4 is 5.56 Å². The molecule has 25 heavy (non-hydrogen) atoms. The smallest absolute Gasteiger partial charge is 0.257 e. The largest absolute Gasteiger partial charge is 0.338 e. The summed E-state index contributed by atoms with van der Waals surface area (Å²) in [7, 11) is 0. The van der Waals surface area contributed by atoms with Gasteiger partial charge in [0.2, 0.25) is 0 Å². The molecule has 2 aromatic rings. The van der Waals surface area contributed by atoms with Crippen molar-refractivity contribution >= 4 is 5.91 Å². The summed E-state index contributed by atoms with van der Waals surface area (Å²) in [5, 5.41) is 4.43. The van der Waals surface area contributed by atoms with E-state index in [9.17, 15) is 9.59 Å². The molecule has 2 aromatic heterocycles. The number of carbonyl (C=O) groups is 1. The highest BCUT2D eigenvalue weighted by Crippen LogP contribution is 2.26. The number of hydrogen-bond donors (Lipinski definition) is 1. The van der Waals surface area contributed by atoms with Crippen molar-refractivity contribution in [3.63, 3.8) is 0 Å². The van der Waals surface area contributed by atoms with E-state index < -0.39 is 0 Å². The van der Waals surface area contributed by atoms with E-state index in [1.807, 2.05) is 22.7 Å². The van der Waals surface area contributed by atoms with Crippen LogP contribution in [0.25, 0.3) is 0 Å². The minimum absolute atomic E-state index is 0.0196. The second kappa shape index (κ2) is 7.21. The van der Waals surface area contributed by atoms with Crippen LogP contribution in [0, 0.1) is 13.8 Å². The molecule has 1 atom stereocenters. The lowest BCUT2D eigenvalue weighted by Gasteiger charge is -2.32. The summed E-state index contributed by atoms with van der Waals surface area (Å²) in [5.74, 6) is 0.735. The van der Waals surface area contributed by atoms with E-state index in [1.165, 1.54) is 0 Å². The van der Waals surface area contributed by atoms with Gasteiger partial charge in [0.05, 0.1) is 17.0 Å². The third-order valence-corrected chi connectivity index (χ3v) is 4.64. The van der Waals surface area contributed by atoms with Crippen molar-refractivity contribution in [2.75, 3.05) is 13.1 Å². The van der Waals surface area contributed by atoms with Gasteiger partial charge in [0, 0.05) is 37.8 Å². The summed E-state index contributed by atoms with van der Waals surface area (Å²) in [4.78, 5) is 33.6. The molecule has 1 aliphatic heterocycles. The van der Waals surface area contributed by atoms with Crippen molar-refractivity contribution in [2.45, 2.75) is 52.5 Å². The molecule has 1 aliphatic rings. The average molecular weight is 343 g/mol. The molecule has 7 heteroatoms. The standard InChI is InChI=1S/C18H25N5O2/c1-4-7-23-11-15(12(2)21-23)18(25)22-8-5-6-14(10-22)16-9-17(24)20-13(3)19-16/h9,11,14H,4-8,10H2,1-3H3,(H,19,20,24). The maximum Gasteiger partial charge on any atom is 0.257 e. The quantitative estimate of drug-likeness (QED) is 0.920. The molecule has 0 radical (unpaired) electrons. The third kappa shape index (κ3) is 3.81. The van der Waals surface area contributed by atoms with Crippen LogP contribution in [0.5, 0.6) is 0 Å². The van der Waals surface area contributed by atoms with Gasteiger partial charge in [0.1, 0.15) is 5.82 Å². The Balaban J connectivity index is 1.79. The van der Waals surface area contributed by atoms with Crippen molar-refractivity contribution < 1.29 is 4.79 Å². The number of aromatic amines is 1. The Morgan fingerprint density at radius 1 is 1.40 bits per heavy atom. The van der Waals surface area contributed by atoms with Crippen LogP contribution in [0.1, 0.15) is 59.7 Å². The minimum Gasteiger partial charge on any atom is -0.338 e. The van der Waals surface area contributed by atoms with Gasteiger partial charge in [-0.15, -0.1) is 0 Å². The Morgan fingerprint density at radius 3 is 2.92 bits per heavy atom. The Bertz CT molecular complexity index is 823. The molecule has 0 saturated carbocycles. The van der Waals surface area contributed by atoms with Gasteiger partial charge in [-0.1, -0.05) is 6.92 Å². The number of nitrogens with one attached hydrogen (secondary N) is 1. The van der Waals surface area contributed by atoms with Crippen molar-refractivity contribution in [3.8, 4) is 0 Å². The molecular formula is C18H25N5O2. The number of aryl methyl sites for hydroxylation is 3. The van der Waals surface area contributed by atoms with E-state index in [1.54, 1.807) is 13.0 Å². The van der Waals surface area contributed by atoms with Crippen LogP contribution in [0.3, 0.4) is 0 Å². The molecule has 1 fully saturated rings. The molecule has 3 rings (SSSR count). The summed E-state index contributed by atoms with van der Waals surface area (Å²) in [6.07, 6.45) is 4.67. The van der Waals surface area contributed by atoms with Gasteiger partial charge in [0.15, 0.2) is 0 Å². The zero-order valence-electron chi connectivity index (χ0n) is 15.1. The number of carbonyl (C=O) groups excluding carboxylic acids is 1. The first-order valence-corrected chi connectivity index (χ1v) is 8.89. The van der Waals surface area contributed by atoms with Gasteiger partial charge in [0.25, 0.3) is 11.5 Å². The predicted octanol–water partition coefficient (Wildman–Crippen LogP) is 2.01. The molecule has 134 valence electrons. The van der Waals surface area contributed by atoms with E-state index in [-0.39, 0.29) is 17.4 Å². The lowest BCUT2D eigenvalue weighted by molar-refractivity contribution is 0.0705. The Morgan fingerprint density at radius 2 is 2.20 bits per heavy atom. The second-order valence-electron chi connectivity index (χ2n) is 6.74. The maximum absolute atomic E-state index is 12.9. The number of likely N-dealkylation sites (tertiary alicyclic amines) is 1. The Hall–Kier alpha value is -2.44. The minimum atomic E-state index is -0.136. The average Bonchev–Trinajstić information content (AvgIpc) is 2.94. The highest BCUT2D eigenvalue weighted by Gasteiger charge is 2.28. The van der Waals surface area contributed by atoms with Gasteiger partial charge in [-0.25, -0.2) is 4.98 Å². The van der Waals surface area contributed by atoms with E-state index in [0.29, 0.717) is 17.9 Å². The molecule has 7 nitrogen and oxygen atoms in total. The highest BCUT2D eigenvalue weighted by atomic mass is 16.2. The van der Waals surface area contributed by atoms with Crippen LogP contribution in [0.15, 0.2) is 17.1 Å². The molecule has 1 saturated heterocycles. The molecule has 1 unspecified atom stereocenters. The molecule has 3 heterocycles. The van der Waals surface area contributed by atoms with E-state index in [2.05, 4.69) is 22.0 Å². The first-order chi connectivity index (χ1) is 12.0. The molecule has 0 spiro atoms. The first kappa shape index (κ1) is 17.4. The maximum atomic E-state index is 12.9. The zero-order chi connectivity index (χ0) is 18.0. The summed E-state index contributed by atoms with van der Waals surface area (Å²) < 4.78 is 1.84. The molecular weight excluding hydrogens is 318 g/mol. The number of rotatable bonds is 4. The molecule has 0 bridgehead atoms. The Kier molecular flexibility index (Phi) is 5.01. The number of H-pyrrole nitrogens is 1. The van der Waals surface area contributed by atoms with E-state index in [4.69, 9.17) is 0 Å². The third-order valence-electron chi connectivity index (χ3n) is 4.64. The molecule has 0 aromatic carbocycles. The van der Waals surface area contributed by atoms with Gasteiger partial charge < -0.3 is 9.88 Å². The van der Waals surface area contributed by atoms with Crippen molar-refractivity contribution in [1.29, 1.82) is 0 Å². The van der Waals surface area contributed by atoms with Crippen LogP contribution in [0.2, 0.25) is 0 Å². The fraction of sp³-hybridized carbons (Fsp3) is 0.556. The predicted molar refractivity (Wildman–Crippen MR) is 94.7 cm³/mol. The number of amides is 1. The summed E-state index contributed by atoms with van der Waals surface area (Å²) in [5.41, 5.74) is 2.08. The highest BCUT2D eigenvalue weighted by molar-refractivity contribution is 5.95. The molecule has 1 N–H and O–H groups in total.